The number of likely N-dealkylation sites (tertiary alicyclic amines) is 1. The highest BCUT2D eigenvalue weighted by molar-refractivity contribution is 6.36. The number of phenols is 1. The van der Waals surface area contributed by atoms with E-state index in [9.17, 15) is 19.5 Å². The van der Waals surface area contributed by atoms with Gasteiger partial charge in [0.2, 0.25) is 11.8 Å². The van der Waals surface area contributed by atoms with Crippen LogP contribution in [-0.4, -0.2) is 51.3 Å². The van der Waals surface area contributed by atoms with E-state index < -0.39 is 63.9 Å². The highest BCUT2D eigenvalue weighted by atomic mass is 35.5. The molecule has 2 heterocycles. The van der Waals surface area contributed by atoms with Crippen molar-refractivity contribution in [2.45, 2.75) is 50.5 Å². The number of hydrogen-bond acceptors (Lipinski definition) is 7. The summed E-state index contributed by atoms with van der Waals surface area (Å²) < 4.78 is 20.7. The van der Waals surface area contributed by atoms with Crippen molar-refractivity contribution in [1.29, 1.82) is 0 Å². The third-order valence-corrected chi connectivity index (χ3v) is 11.1. The van der Waals surface area contributed by atoms with E-state index in [1.165, 1.54) is 36.3 Å². The molecule has 49 heavy (non-hydrogen) atoms. The summed E-state index contributed by atoms with van der Waals surface area (Å²) in [7, 11) is 1.51. The van der Waals surface area contributed by atoms with Crippen molar-refractivity contribution in [2.75, 3.05) is 12.5 Å². The Balaban J connectivity index is 1.47. The summed E-state index contributed by atoms with van der Waals surface area (Å²) in [6.45, 7) is 5.41. The molecule has 2 aliphatic heterocycles. The highest BCUT2D eigenvalue weighted by Gasteiger charge is 2.70. The summed E-state index contributed by atoms with van der Waals surface area (Å²) in [5.41, 5.74) is 2.27. The van der Waals surface area contributed by atoms with Gasteiger partial charge in [-0.05, 0) is 93.1 Å². The fraction of sp³-hybridized carbons (Fsp3) is 0.351. The van der Waals surface area contributed by atoms with Crippen LogP contribution in [0.2, 0.25) is 10.0 Å². The van der Waals surface area contributed by atoms with Crippen LogP contribution in [0.1, 0.15) is 50.7 Å². The Kier molecular flexibility index (Phi) is 7.83. The summed E-state index contributed by atoms with van der Waals surface area (Å²) in [6.07, 6.45) is 2.20. The SMILES string of the molecule is COc1ccc([C@@]23C(=O)N(Nc4ccc(Cl)cc4Cl)C(=O)[C@@H]2C[C@@H]2C(=CC[C@@H]4C(=O)N(C(C)(C)C)C(=O)[C@@H]42)[C@@H]3c2ccc(O)c(F)c2)cc1. The molecule has 12 heteroatoms. The monoisotopic (exact) mass is 705 g/mol. The van der Waals surface area contributed by atoms with Gasteiger partial charge in [-0.3, -0.25) is 29.5 Å². The fourth-order valence-electron chi connectivity index (χ4n) is 8.58. The first kappa shape index (κ1) is 33.1. The molecule has 3 fully saturated rings. The van der Waals surface area contributed by atoms with Gasteiger partial charge in [-0.25, -0.2) is 4.39 Å². The number of halogens is 3. The minimum absolute atomic E-state index is 0.0736. The fourth-order valence-corrected chi connectivity index (χ4v) is 9.03. The normalized spacial score (nSPS) is 27.9. The number of anilines is 1. The van der Waals surface area contributed by atoms with Crippen molar-refractivity contribution in [3.63, 3.8) is 0 Å². The van der Waals surface area contributed by atoms with Crippen LogP contribution >= 0.6 is 23.2 Å². The molecule has 0 spiro atoms. The van der Waals surface area contributed by atoms with Crippen LogP contribution in [0.3, 0.4) is 0 Å². The lowest BCUT2D eigenvalue weighted by atomic mass is 9.49. The topological polar surface area (TPSA) is 116 Å². The van der Waals surface area contributed by atoms with Crippen LogP contribution < -0.4 is 10.2 Å². The molecule has 0 radical (unpaired) electrons. The molecule has 3 aromatic carbocycles. The molecule has 2 saturated heterocycles. The Labute approximate surface area is 292 Å². The number of rotatable bonds is 5. The third-order valence-electron chi connectivity index (χ3n) is 10.6. The van der Waals surface area contributed by atoms with Gasteiger partial charge in [-0.2, -0.15) is 5.01 Å². The summed E-state index contributed by atoms with van der Waals surface area (Å²) >= 11 is 12.6. The van der Waals surface area contributed by atoms with E-state index in [4.69, 9.17) is 27.9 Å². The number of aromatic hydroxyl groups is 1. The van der Waals surface area contributed by atoms with Crippen LogP contribution in [0.5, 0.6) is 11.5 Å². The lowest BCUT2D eigenvalue weighted by Crippen LogP contribution is -2.53. The second-order valence-corrected chi connectivity index (χ2v) is 14.9. The molecule has 7 rings (SSSR count). The quantitative estimate of drug-likeness (QED) is 0.226. The number of carbonyl (C=O) groups is 4. The molecule has 0 bridgehead atoms. The van der Waals surface area contributed by atoms with Gasteiger partial charge in [-0.1, -0.05) is 53.1 Å². The lowest BCUT2D eigenvalue weighted by molar-refractivity contribution is -0.146. The number of carbonyl (C=O) groups excluding carboxylic acids is 4. The number of hydrogen-bond donors (Lipinski definition) is 2. The highest BCUT2D eigenvalue weighted by Crippen LogP contribution is 2.64. The van der Waals surface area contributed by atoms with E-state index in [0.717, 1.165) is 5.01 Å². The van der Waals surface area contributed by atoms with E-state index in [-0.39, 0.29) is 35.4 Å². The molecule has 0 unspecified atom stereocenters. The Morgan fingerprint density at radius 3 is 2.29 bits per heavy atom. The van der Waals surface area contributed by atoms with Gasteiger partial charge in [0.1, 0.15) is 5.75 Å². The minimum atomic E-state index is -1.64. The lowest BCUT2D eigenvalue weighted by Gasteiger charge is -2.50. The molecule has 2 N–H and O–H groups in total. The largest absolute Gasteiger partial charge is 0.505 e. The van der Waals surface area contributed by atoms with Crippen molar-refractivity contribution in [3.05, 3.63) is 99.3 Å². The average molecular weight is 707 g/mol. The van der Waals surface area contributed by atoms with E-state index in [0.29, 0.717) is 27.5 Å². The number of nitrogens with one attached hydrogen (secondary N) is 1. The summed E-state index contributed by atoms with van der Waals surface area (Å²) in [5, 5.41) is 11.7. The standard InChI is InChI=1S/C37H34Cl2FN3O6/c1-36(2,3)42-32(45)23-12-11-22-24(30(23)34(42)47)17-25-33(46)43(41-28-13-8-20(38)16-26(28)39)35(48)37(25,19-6-9-21(49-4)10-7-19)31(22)18-5-14-29(44)27(40)15-18/h5-11,13-16,23-25,30-31,41,44H,12,17H2,1-4H3/t23-,24+,25-,30-,31-,37+/m0/s1. The van der Waals surface area contributed by atoms with Crippen molar-refractivity contribution in [3.8, 4) is 11.5 Å². The predicted molar refractivity (Wildman–Crippen MR) is 180 cm³/mol. The number of benzene rings is 3. The summed E-state index contributed by atoms with van der Waals surface area (Å²) in [6, 6.07) is 15.3. The van der Waals surface area contributed by atoms with E-state index in [2.05, 4.69) is 5.43 Å². The average Bonchev–Trinajstić information content (AvgIpc) is 3.44. The molecule has 6 atom stereocenters. The van der Waals surface area contributed by atoms with Crippen LogP contribution in [-0.2, 0) is 24.6 Å². The van der Waals surface area contributed by atoms with Gasteiger partial charge in [0, 0.05) is 16.5 Å². The van der Waals surface area contributed by atoms with Crippen LogP contribution in [0.4, 0.5) is 10.1 Å². The van der Waals surface area contributed by atoms with Crippen LogP contribution in [0.25, 0.3) is 0 Å². The molecule has 254 valence electrons. The second kappa shape index (κ2) is 11.6. The number of methoxy groups -OCH3 is 1. The smallest absolute Gasteiger partial charge is 0.260 e. The predicted octanol–water partition coefficient (Wildman–Crippen LogP) is 6.63. The summed E-state index contributed by atoms with van der Waals surface area (Å²) in [4.78, 5) is 59.2. The van der Waals surface area contributed by atoms with Crippen LogP contribution in [0, 0.1) is 29.5 Å². The summed E-state index contributed by atoms with van der Waals surface area (Å²) in [5.74, 6) is -6.77. The Bertz CT molecular complexity index is 1960. The van der Waals surface area contributed by atoms with Gasteiger partial charge in [0.25, 0.3) is 11.8 Å². The zero-order valence-corrected chi connectivity index (χ0v) is 28.7. The zero-order chi connectivity index (χ0) is 35.2. The molecule has 2 aliphatic carbocycles. The molecule has 4 aliphatic rings. The molecule has 4 amide bonds. The maximum atomic E-state index is 15.3. The molecule has 0 aromatic heterocycles. The van der Waals surface area contributed by atoms with Gasteiger partial charge >= 0.3 is 0 Å². The van der Waals surface area contributed by atoms with Gasteiger partial charge in [0.05, 0.1) is 41.0 Å². The number of amides is 4. The molecule has 9 nitrogen and oxygen atoms in total. The Morgan fingerprint density at radius 1 is 0.939 bits per heavy atom. The number of phenolic OH excluding ortho intramolecular Hbond substituents is 1. The van der Waals surface area contributed by atoms with Crippen molar-refractivity contribution >= 4 is 52.5 Å². The third kappa shape index (κ3) is 4.86. The second-order valence-electron chi connectivity index (χ2n) is 14.1. The number of nitrogens with zero attached hydrogens (tertiary/aromatic N) is 2. The van der Waals surface area contributed by atoms with Crippen molar-refractivity contribution in [1.82, 2.24) is 9.91 Å². The first-order chi connectivity index (χ1) is 23.2. The molecular weight excluding hydrogens is 672 g/mol. The van der Waals surface area contributed by atoms with Crippen molar-refractivity contribution < 1.29 is 33.4 Å². The van der Waals surface area contributed by atoms with Crippen molar-refractivity contribution in [2.24, 2.45) is 23.7 Å². The van der Waals surface area contributed by atoms with Gasteiger partial charge in [0.15, 0.2) is 11.6 Å². The number of hydrazine groups is 1. The molecule has 3 aromatic rings. The first-order valence-electron chi connectivity index (χ1n) is 16.0. The number of imide groups is 2. The minimum Gasteiger partial charge on any atom is -0.505 e. The number of fused-ring (bicyclic) bond motifs is 4. The first-order valence-corrected chi connectivity index (χ1v) is 16.8. The Hall–Kier alpha value is -4.41. The molecule has 1 saturated carbocycles. The maximum Gasteiger partial charge on any atom is 0.260 e. The Morgan fingerprint density at radius 2 is 1.65 bits per heavy atom. The number of ether oxygens (including phenoxy) is 1. The van der Waals surface area contributed by atoms with E-state index in [1.54, 1.807) is 57.2 Å². The number of allylic oxidation sites excluding steroid dienone is 2. The molecular formula is C37H34Cl2FN3O6. The van der Waals surface area contributed by atoms with E-state index >= 15 is 9.18 Å². The van der Waals surface area contributed by atoms with Gasteiger partial charge in [-0.15, -0.1) is 0 Å². The van der Waals surface area contributed by atoms with Gasteiger partial charge < -0.3 is 9.84 Å². The van der Waals surface area contributed by atoms with Crippen LogP contribution in [0.15, 0.2) is 72.3 Å². The van der Waals surface area contributed by atoms with E-state index in [1.807, 2.05) is 6.08 Å². The maximum absolute atomic E-state index is 15.3. The zero-order valence-electron chi connectivity index (χ0n) is 27.2.